The van der Waals surface area contributed by atoms with Crippen LogP contribution in [-0.2, 0) is 0 Å². The molecule has 0 radical (unpaired) electrons. The molecule has 1 aromatic rings. The maximum absolute atomic E-state index is 2.30. The van der Waals surface area contributed by atoms with Crippen molar-refractivity contribution in [1.29, 1.82) is 0 Å². The molecule has 1 saturated carbocycles. The van der Waals surface area contributed by atoms with Crippen LogP contribution in [0, 0.1) is 0 Å². The molecular weight excluding hydrogens is 238 g/mol. The minimum Gasteiger partial charge on any atom is -0.303 e. The lowest BCUT2D eigenvalue weighted by Crippen LogP contribution is -2.18. The molecule has 0 heterocycles. The van der Waals surface area contributed by atoms with Gasteiger partial charge in [-0.3, -0.25) is 0 Å². The molecule has 2 rings (SSSR count). The van der Waals surface area contributed by atoms with Gasteiger partial charge in [0.1, 0.15) is 0 Å². The topological polar surface area (TPSA) is 3.24 Å². The van der Waals surface area contributed by atoms with Crippen LogP contribution in [0.25, 0.3) is 0 Å². The number of benzene rings is 1. The van der Waals surface area contributed by atoms with Crippen molar-refractivity contribution < 1.29 is 0 Å². The van der Waals surface area contributed by atoms with Gasteiger partial charge in [-0.25, -0.2) is 0 Å². The molecule has 18 heavy (non-hydrogen) atoms. The van der Waals surface area contributed by atoms with E-state index in [0.29, 0.717) is 6.04 Å². The van der Waals surface area contributed by atoms with Crippen molar-refractivity contribution in [3.8, 4) is 0 Å². The summed E-state index contributed by atoms with van der Waals surface area (Å²) in [7, 11) is 4.32. The quantitative estimate of drug-likeness (QED) is 0.772. The van der Waals surface area contributed by atoms with Gasteiger partial charge in [-0.05, 0) is 45.5 Å². The van der Waals surface area contributed by atoms with E-state index in [1.165, 1.54) is 42.6 Å². The van der Waals surface area contributed by atoms with Gasteiger partial charge in [-0.1, -0.05) is 37.5 Å². The summed E-state index contributed by atoms with van der Waals surface area (Å²) in [5, 5.41) is 0.842. The summed E-state index contributed by atoms with van der Waals surface area (Å²) in [5.41, 5.74) is 1.48. The van der Waals surface area contributed by atoms with Crippen molar-refractivity contribution >= 4 is 11.8 Å². The molecule has 1 aliphatic carbocycles. The second-order valence-corrected chi connectivity index (χ2v) is 6.90. The van der Waals surface area contributed by atoms with Crippen molar-refractivity contribution in [3.05, 3.63) is 29.8 Å². The third kappa shape index (κ3) is 3.52. The molecule has 0 aliphatic heterocycles. The maximum Gasteiger partial charge on any atom is 0.0324 e. The Labute approximate surface area is 116 Å². The van der Waals surface area contributed by atoms with Crippen molar-refractivity contribution in [2.45, 2.75) is 55.2 Å². The van der Waals surface area contributed by atoms with Crippen molar-refractivity contribution in [2.24, 2.45) is 0 Å². The molecule has 0 spiro atoms. The largest absolute Gasteiger partial charge is 0.303 e. The molecule has 1 atom stereocenters. The minimum absolute atomic E-state index is 0.497. The molecule has 100 valence electrons. The normalized spacial score (nSPS) is 19.1. The first kappa shape index (κ1) is 14.0. The summed E-state index contributed by atoms with van der Waals surface area (Å²) in [6.45, 7) is 2.29. The predicted octanol–water partition coefficient (Wildman–Crippen LogP) is 4.73. The Bertz CT molecular complexity index is 369. The first-order valence-corrected chi connectivity index (χ1v) is 7.98. The van der Waals surface area contributed by atoms with Crippen LogP contribution in [0.2, 0.25) is 0 Å². The molecule has 0 aromatic heterocycles. The lowest BCUT2D eigenvalue weighted by Gasteiger charge is -2.26. The first-order chi connectivity index (χ1) is 8.68. The molecule has 1 nitrogen and oxygen atoms in total. The maximum atomic E-state index is 2.30. The average Bonchev–Trinajstić information content (AvgIpc) is 2.39. The molecular formula is C16H25NS. The number of nitrogens with zero attached hydrogens (tertiary/aromatic N) is 1. The van der Waals surface area contributed by atoms with Gasteiger partial charge in [0.25, 0.3) is 0 Å². The summed E-state index contributed by atoms with van der Waals surface area (Å²) in [6.07, 6.45) is 7.07. The van der Waals surface area contributed by atoms with Gasteiger partial charge in [-0.2, -0.15) is 0 Å². The molecule has 0 N–H and O–H groups in total. The fourth-order valence-electron chi connectivity index (χ4n) is 2.57. The number of hydrogen-bond acceptors (Lipinski definition) is 2. The summed E-state index contributed by atoms with van der Waals surface area (Å²) in [4.78, 5) is 3.78. The van der Waals surface area contributed by atoms with Gasteiger partial charge in [-0.15, -0.1) is 11.8 Å². The van der Waals surface area contributed by atoms with Crippen LogP contribution >= 0.6 is 11.8 Å². The van der Waals surface area contributed by atoms with E-state index in [4.69, 9.17) is 0 Å². The lowest BCUT2D eigenvalue weighted by molar-refractivity contribution is 0.317. The van der Waals surface area contributed by atoms with Gasteiger partial charge in [0.05, 0.1) is 0 Å². The van der Waals surface area contributed by atoms with Crippen molar-refractivity contribution in [2.75, 3.05) is 14.1 Å². The van der Waals surface area contributed by atoms with Gasteiger partial charge in [0.15, 0.2) is 0 Å². The monoisotopic (exact) mass is 263 g/mol. The highest BCUT2D eigenvalue weighted by atomic mass is 32.2. The summed E-state index contributed by atoms with van der Waals surface area (Å²) in [5.74, 6) is 0. The highest BCUT2D eigenvalue weighted by molar-refractivity contribution is 8.00. The molecule has 1 aromatic carbocycles. The Morgan fingerprint density at radius 3 is 2.44 bits per heavy atom. The van der Waals surface area contributed by atoms with Crippen LogP contribution < -0.4 is 0 Å². The van der Waals surface area contributed by atoms with Crippen molar-refractivity contribution in [1.82, 2.24) is 4.90 Å². The van der Waals surface area contributed by atoms with E-state index in [1.807, 2.05) is 0 Å². The molecule has 0 amide bonds. The van der Waals surface area contributed by atoms with E-state index in [-0.39, 0.29) is 0 Å². The molecule has 1 aliphatic rings. The highest BCUT2D eigenvalue weighted by Crippen LogP contribution is 2.37. The van der Waals surface area contributed by atoms with E-state index in [2.05, 4.69) is 61.9 Å². The van der Waals surface area contributed by atoms with Crippen LogP contribution in [0.15, 0.2) is 29.2 Å². The number of rotatable bonds is 4. The summed E-state index contributed by atoms with van der Waals surface area (Å²) >= 11 is 2.11. The van der Waals surface area contributed by atoms with Crippen LogP contribution in [0.5, 0.6) is 0 Å². The zero-order valence-electron chi connectivity index (χ0n) is 11.9. The molecule has 0 bridgehead atoms. The lowest BCUT2D eigenvalue weighted by atomic mass is 10.0. The molecule has 2 heteroatoms. The van der Waals surface area contributed by atoms with Gasteiger partial charge in [0, 0.05) is 16.2 Å². The van der Waals surface area contributed by atoms with E-state index in [0.717, 1.165) is 5.25 Å². The third-order valence-electron chi connectivity index (χ3n) is 3.99. The van der Waals surface area contributed by atoms with Crippen LogP contribution in [0.4, 0.5) is 0 Å². The van der Waals surface area contributed by atoms with Gasteiger partial charge in [0.2, 0.25) is 0 Å². The number of thioether (sulfide) groups is 1. The Kier molecular flexibility index (Phi) is 5.13. The van der Waals surface area contributed by atoms with Crippen molar-refractivity contribution in [3.63, 3.8) is 0 Å². The van der Waals surface area contributed by atoms with E-state index >= 15 is 0 Å². The fourth-order valence-corrected chi connectivity index (χ4v) is 4.03. The van der Waals surface area contributed by atoms with Crippen LogP contribution in [0.3, 0.4) is 0 Å². The second kappa shape index (κ2) is 6.63. The zero-order valence-corrected chi connectivity index (χ0v) is 12.7. The smallest absolute Gasteiger partial charge is 0.0324 e. The van der Waals surface area contributed by atoms with Gasteiger partial charge >= 0.3 is 0 Å². The van der Waals surface area contributed by atoms with Crippen LogP contribution in [0.1, 0.15) is 50.6 Å². The first-order valence-electron chi connectivity index (χ1n) is 7.10. The van der Waals surface area contributed by atoms with Crippen LogP contribution in [-0.4, -0.2) is 24.2 Å². The average molecular weight is 263 g/mol. The minimum atomic E-state index is 0.497. The van der Waals surface area contributed by atoms with E-state index in [9.17, 15) is 0 Å². The summed E-state index contributed by atoms with van der Waals surface area (Å²) < 4.78 is 0. The highest BCUT2D eigenvalue weighted by Gasteiger charge is 2.18. The van der Waals surface area contributed by atoms with Gasteiger partial charge < -0.3 is 4.90 Å². The van der Waals surface area contributed by atoms with E-state index < -0.39 is 0 Å². The predicted molar refractivity (Wildman–Crippen MR) is 81.3 cm³/mol. The Morgan fingerprint density at radius 1 is 1.11 bits per heavy atom. The fraction of sp³-hybridized carbons (Fsp3) is 0.625. The zero-order chi connectivity index (χ0) is 13.0. The third-order valence-corrected chi connectivity index (χ3v) is 5.42. The molecule has 0 saturated heterocycles. The Morgan fingerprint density at radius 2 is 1.78 bits per heavy atom. The summed E-state index contributed by atoms with van der Waals surface area (Å²) in [6, 6.07) is 9.43. The molecule has 1 fully saturated rings. The number of hydrogen-bond donors (Lipinski definition) is 0. The second-order valence-electron chi connectivity index (χ2n) is 5.56. The molecule has 0 unspecified atom stereocenters. The SMILES string of the molecule is C[C@H](c1ccccc1SC1CCCCC1)N(C)C. The van der Waals surface area contributed by atoms with E-state index in [1.54, 1.807) is 0 Å². The Balaban J connectivity index is 2.11. The Hall–Kier alpha value is -0.470. The standard InChI is InChI=1S/C16H25NS/c1-13(17(2)3)15-11-7-8-12-16(15)18-14-9-5-4-6-10-14/h7-8,11-14H,4-6,9-10H2,1-3H3/t13-/m1/s1.